The number of rotatable bonds is 8. The van der Waals surface area contributed by atoms with Crippen LogP contribution in [-0.4, -0.2) is 52.5 Å². The fraction of sp³-hybridized carbons (Fsp3) is 0.600. The summed E-state index contributed by atoms with van der Waals surface area (Å²) >= 11 is 0. The summed E-state index contributed by atoms with van der Waals surface area (Å²) in [7, 11) is -5.52. The lowest BCUT2D eigenvalue weighted by Crippen LogP contribution is -2.43. The van der Waals surface area contributed by atoms with Gasteiger partial charge in [0, 0.05) is 12.0 Å². The Bertz CT molecular complexity index is 1130. The van der Waals surface area contributed by atoms with Gasteiger partial charge in [0.15, 0.2) is 0 Å². The first-order valence-corrected chi connectivity index (χ1v) is 13.5. The van der Waals surface area contributed by atoms with Crippen LogP contribution in [0.5, 0.6) is 5.75 Å². The van der Waals surface area contributed by atoms with Crippen molar-refractivity contribution < 1.29 is 53.2 Å². The Morgan fingerprint density at radius 3 is 2.10 bits per heavy atom. The van der Waals surface area contributed by atoms with Crippen molar-refractivity contribution in [2.45, 2.75) is 57.3 Å². The number of hydrogen-bond donors (Lipinski definition) is 1. The van der Waals surface area contributed by atoms with Crippen LogP contribution < -0.4 is 10.5 Å². The first-order chi connectivity index (χ1) is 17.9. The molecule has 0 fully saturated rings. The molecule has 0 bridgehead atoms. The number of benzene rings is 1. The molecule has 1 aromatic rings. The van der Waals surface area contributed by atoms with Crippen LogP contribution in [0.1, 0.15) is 51.2 Å². The number of alkyl halides is 6. The van der Waals surface area contributed by atoms with Crippen LogP contribution >= 0.6 is 0 Å². The van der Waals surface area contributed by atoms with Gasteiger partial charge < -0.3 is 24.1 Å². The Morgan fingerprint density at radius 1 is 1.00 bits per heavy atom. The number of hydrogen-bond acceptors (Lipinski definition) is 7. The predicted octanol–water partition coefficient (Wildman–Crippen LogP) is 5.81. The molecule has 0 saturated heterocycles. The monoisotopic (exact) mass is 589 g/mol. The van der Waals surface area contributed by atoms with E-state index in [9.17, 15) is 34.8 Å². The summed E-state index contributed by atoms with van der Waals surface area (Å²) in [6, 6.07) is 4.21. The maximum atomic E-state index is 13.5. The van der Waals surface area contributed by atoms with Gasteiger partial charge in [-0.1, -0.05) is 26.0 Å². The highest BCUT2D eigenvalue weighted by molar-refractivity contribution is 7.87. The Kier molecular flexibility index (Phi) is 11.3. The van der Waals surface area contributed by atoms with E-state index in [0.29, 0.717) is 37.5 Å². The van der Waals surface area contributed by atoms with Crippen molar-refractivity contribution in [1.29, 1.82) is 0 Å². The zero-order valence-electron chi connectivity index (χ0n) is 21.8. The van der Waals surface area contributed by atoms with Gasteiger partial charge in [-0.3, -0.25) is 0 Å². The second-order valence-corrected chi connectivity index (χ2v) is 11.3. The Hall–Kier alpha value is -2.29. The molecule has 0 unspecified atom stereocenters. The van der Waals surface area contributed by atoms with Gasteiger partial charge in [-0.05, 0) is 55.0 Å². The number of nitrogens with two attached hydrogens (primary N) is 1. The molecule has 7 nitrogen and oxygen atoms in total. The minimum atomic E-state index is -5.52. The molecular weight excluding hydrogens is 556 g/mol. The van der Waals surface area contributed by atoms with Crippen LogP contribution in [0.15, 0.2) is 36.1 Å². The lowest BCUT2D eigenvalue weighted by molar-refractivity contribution is -0.139. The molecule has 0 radical (unpaired) electrons. The van der Waals surface area contributed by atoms with Crippen LogP contribution in [0.4, 0.5) is 26.3 Å². The van der Waals surface area contributed by atoms with Crippen LogP contribution in [0, 0.1) is 5.92 Å². The van der Waals surface area contributed by atoms with Gasteiger partial charge in [-0.2, -0.15) is 34.8 Å². The summed E-state index contributed by atoms with van der Waals surface area (Å²) < 4.78 is 116. The fourth-order valence-corrected chi connectivity index (χ4v) is 4.40. The average molecular weight is 590 g/mol. The standard InChI is InChI=1S/C19H26F3NO2.C6H7F3O4S/c1-13(2)11-18(3,23)12-25-17-5-4-15(10-16(17)19(20,21)22)14-6-8-24-9-7-14;7-6(8,9)14(10,11)13-5-1-3-12-4-2-5/h4-6,10,13H,7-9,11-12,23H2,1-3H3;1H,2-4H2/t18-;/m0./s1. The third-order valence-corrected chi connectivity index (χ3v) is 6.47. The van der Waals surface area contributed by atoms with Crippen molar-refractivity contribution in [1.82, 2.24) is 0 Å². The summed E-state index contributed by atoms with van der Waals surface area (Å²) in [5.74, 6) is -0.0681. The maximum Gasteiger partial charge on any atom is 0.534 e. The summed E-state index contributed by atoms with van der Waals surface area (Å²) in [5.41, 5.74) is 0.735. The van der Waals surface area contributed by atoms with Crippen LogP contribution in [0.2, 0.25) is 0 Å². The quantitative estimate of drug-likeness (QED) is 0.232. The van der Waals surface area contributed by atoms with Crippen molar-refractivity contribution in [3.8, 4) is 5.75 Å². The minimum absolute atomic E-state index is 0.0231. The third kappa shape index (κ3) is 10.7. The largest absolute Gasteiger partial charge is 0.534 e. The van der Waals surface area contributed by atoms with Crippen molar-refractivity contribution in [2.75, 3.05) is 33.0 Å². The van der Waals surface area contributed by atoms with E-state index in [-0.39, 0.29) is 37.8 Å². The van der Waals surface area contributed by atoms with Gasteiger partial charge in [0.2, 0.25) is 0 Å². The highest BCUT2D eigenvalue weighted by Crippen LogP contribution is 2.39. The second-order valence-electron chi connectivity index (χ2n) is 9.78. The molecule has 2 heterocycles. The van der Waals surface area contributed by atoms with E-state index in [2.05, 4.69) is 4.18 Å². The molecular formula is C25H33F6NO6S. The topological polar surface area (TPSA) is 97.1 Å². The van der Waals surface area contributed by atoms with E-state index in [1.54, 1.807) is 13.0 Å². The molecule has 2 N–H and O–H groups in total. The number of halogens is 6. The van der Waals surface area contributed by atoms with E-state index in [0.717, 1.165) is 17.7 Å². The second kappa shape index (κ2) is 13.4. The van der Waals surface area contributed by atoms with Crippen LogP contribution in [0.25, 0.3) is 5.57 Å². The van der Waals surface area contributed by atoms with E-state index < -0.39 is 32.9 Å². The van der Waals surface area contributed by atoms with Gasteiger partial charge in [-0.25, -0.2) is 0 Å². The fourth-order valence-electron chi connectivity index (χ4n) is 3.87. The Balaban J connectivity index is 0.000000322. The lowest BCUT2D eigenvalue weighted by atomic mass is 9.93. The van der Waals surface area contributed by atoms with E-state index in [1.807, 2.05) is 19.9 Å². The zero-order valence-corrected chi connectivity index (χ0v) is 22.6. The van der Waals surface area contributed by atoms with Gasteiger partial charge in [0.05, 0.1) is 32.0 Å². The highest BCUT2D eigenvalue weighted by atomic mass is 32.2. The van der Waals surface area contributed by atoms with Crippen LogP contribution in [-0.2, 0) is 30.0 Å². The molecule has 2 aliphatic rings. The lowest BCUT2D eigenvalue weighted by Gasteiger charge is -2.27. The Morgan fingerprint density at radius 2 is 1.62 bits per heavy atom. The normalized spacial score (nSPS) is 18.3. The van der Waals surface area contributed by atoms with E-state index >= 15 is 0 Å². The molecule has 1 aromatic carbocycles. The molecule has 0 aliphatic carbocycles. The maximum absolute atomic E-state index is 13.5. The average Bonchev–Trinajstić information content (AvgIpc) is 2.82. The minimum Gasteiger partial charge on any atom is -0.491 e. The SMILES string of the molecule is CC(C)C[C@](C)(N)COc1ccc(C2=CCOCC2)cc1C(F)(F)F.O=S(=O)(OC1=CCOCC1)C(F)(F)F. The first-order valence-electron chi connectivity index (χ1n) is 12.1. The molecule has 1 atom stereocenters. The zero-order chi connectivity index (χ0) is 29.5. The molecule has 0 amide bonds. The van der Waals surface area contributed by atoms with Gasteiger partial charge in [0.25, 0.3) is 0 Å². The van der Waals surface area contributed by atoms with Gasteiger partial charge in [0.1, 0.15) is 18.1 Å². The molecule has 14 heteroatoms. The summed E-state index contributed by atoms with van der Waals surface area (Å²) in [6.45, 7) is 7.01. The Labute approximate surface area is 224 Å². The van der Waals surface area contributed by atoms with Crippen molar-refractivity contribution in [3.05, 3.63) is 47.2 Å². The third-order valence-electron chi connectivity index (χ3n) is 5.47. The number of ether oxygens (including phenoxy) is 3. The molecule has 2 aliphatic heterocycles. The van der Waals surface area contributed by atoms with Crippen molar-refractivity contribution >= 4 is 15.7 Å². The predicted molar refractivity (Wildman–Crippen MR) is 132 cm³/mol. The van der Waals surface area contributed by atoms with Crippen LogP contribution in [0.3, 0.4) is 0 Å². The molecule has 3 rings (SSSR count). The van der Waals surface area contributed by atoms with Crippen molar-refractivity contribution in [3.63, 3.8) is 0 Å². The summed E-state index contributed by atoms with van der Waals surface area (Å²) in [6.07, 6.45) is -0.215. The molecule has 0 spiro atoms. The van der Waals surface area contributed by atoms with Crippen molar-refractivity contribution in [2.24, 2.45) is 11.7 Å². The molecule has 222 valence electrons. The van der Waals surface area contributed by atoms with Gasteiger partial charge in [-0.15, -0.1) is 0 Å². The van der Waals surface area contributed by atoms with E-state index in [4.69, 9.17) is 19.9 Å². The summed E-state index contributed by atoms with van der Waals surface area (Å²) in [4.78, 5) is 0. The summed E-state index contributed by atoms with van der Waals surface area (Å²) in [5, 5.41) is 0. The highest BCUT2D eigenvalue weighted by Gasteiger charge is 2.48. The van der Waals surface area contributed by atoms with Gasteiger partial charge >= 0.3 is 21.8 Å². The molecule has 39 heavy (non-hydrogen) atoms. The first kappa shape index (κ1) is 32.9. The molecule has 0 aromatic heterocycles. The van der Waals surface area contributed by atoms with E-state index in [1.165, 1.54) is 6.07 Å². The smallest absolute Gasteiger partial charge is 0.491 e. The molecule has 0 saturated carbocycles.